The minimum absolute atomic E-state index is 0.0381. The molecule has 4 nitrogen and oxygen atoms in total. The summed E-state index contributed by atoms with van der Waals surface area (Å²) in [6.07, 6.45) is 6.93. The van der Waals surface area contributed by atoms with Crippen LogP contribution in [0.25, 0.3) is 0 Å². The van der Waals surface area contributed by atoms with Gasteiger partial charge in [0.05, 0.1) is 6.04 Å². The van der Waals surface area contributed by atoms with E-state index in [0.717, 1.165) is 51.5 Å². The van der Waals surface area contributed by atoms with Gasteiger partial charge in [0.15, 0.2) is 0 Å². The number of amides is 1. The van der Waals surface area contributed by atoms with E-state index in [9.17, 15) is 4.79 Å². The molecule has 0 aromatic rings. The molecule has 2 N–H and O–H groups in total. The van der Waals surface area contributed by atoms with Crippen molar-refractivity contribution >= 4 is 5.91 Å². The standard InChI is InChI=1S/C13H24N2O2/c16-13(12-4-1-2-7-14-12)15-8-3-9-17-10-11-5-6-11/h11-12,14H,1-10H2,(H,15,16). The van der Waals surface area contributed by atoms with E-state index in [1.54, 1.807) is 0 Å². The molecule has 1 saturated heterocycles. The lowest BCUT2D eigenvalue weighted by Gasteiger charge is -2.22. The van der Waals surface area contributed by atoms with Crippen LogP contribution in [0, 0.1) is 5.92 Å². The van der Waals surface area contributed by atoms with Gasteiger partial charge in [-0.2, -0.15) is 0 Å². The summed E-state index contributed by atoms with van der Waals surface area (Å²) >= 11 is 0. The van der Waals surface area contributed by atoms with E-state index in [4.69, 9.17) is 4.74 Å². The molecule has 17 heavy (non-hydrogen) atoms. The van der Waals surface area contributed by atoms with Gasteiger partial charge in [0.2, 0.25) is 5.91 Å². The van der Waals surface area contributed by atoms with Gasteiger partial charge in [-0.15, -0.1) is 0 Å². The molecule has 1 aliphatic carbocycles. The van der Waals surface area contributed by atoms with Crippen molar-refractivity contribution in [1.29, 1.82) is 0 Å². The second kappa shape index (κ2) is 6.97. The van der Waals surface area contributed by atoms with Gasteiger partial charge < -0.3 is 15.4 Å². The van der Waals surface area contributed by atoms with Crippen LogP contribution in [0.2, 0.25) is 0 Å². The van der Waals surface area contributed by atoms with Gasteiger partial charge in [-0.25, -0.2) is 0 Å². The molecule has 0 spiro atoms. The molecule has 4 heteroatoms. The fraction of sp³-hybridized carbons (Fsp3) is 0.923. The second-order valence-electron chi connectivity index (χ2n) is 5.17. The molecule has 98 valence electrons. The van der Waals surface area contributed by atoms with Crippen molar-refractivity contribution in [2.45, 2.75) is 44.6 Å². The van der Waals surface area contributed by atoms with Crippen LogP contribution in [0.3, 0.4) is 0 Å². The third kappa shape index (κ3) is 5.04. The van der Waals surface area contributed by atoms with E-state index in [2.05, 4.69) is 10.6 Å². The summed E-state index contributed by atoms with van der Waals surface area (Å²) in [5.41, 5.74) is 0. The molecule has 1 atom stereocenters. The minimum atomic E-state index is 0.0381. The lowest BCUT2D eigenvalue weighted by molar-refractivity contribution is -0.123. The topological polar surface area (TPSA) is 50.4 Å². The molecule has 1 amide bonds. The molecule has 2 fully saturated rings. The number of rotatable bonds is 7. The molecular weight excluding hydrogens is 216 g/mol. The third-order valence-corrected chi connectivity index (χ3v) is 3.44. The molecular formula is C13H24N2O2. The maximum atomic E-state index is 11.7. The van der Waals surface area contributed by atoms with E-state index in [1.807, 2.05) is 0 Å². The summed E-state index contributed by atoms with van der Waals surface area (Å²) in [6.45, 7) is 3.40. The van der Waals surface area contributed by atoms with E-state index >= 15 is 0 Å². The zero-order valence-corrected chi connectivity index (χ0v) is 10.5. The molecule has 1 heterocycles. The van der Waals surface area contributed by atoms with Gasteiger partial charge in [0.25, 0.3) is 0 Å². The smallest absolute Gasteiger partial charge is 0.237 e. The highest BCUT2D eigenvalue weighted by atomic mass is 16.5. The Kier molecular flexibility index (Phi) is 5.26. The number of ether oxygens (including phenoxy) is 1. The first kappa shape index (κ1) is 12.8. The summed E-state index contributed by atoms with van der Waals surface area (Å²) in [4.78, 5) is 11.7. The Morgan fingerprint density at radius 2 is 2.18 bits per heavy atom. The van der Waals surface area contributed by atoms with Crippen LogP contribution in [0.5, 0.6) is 0 Å². The van der Waals surface area contributed by atoms with Crippen molar-refractivity contribution in [1.82, 2.24) is 10.6 Å². The molecule has 0 aromatic carbocycles. The van der Waals surface area contributed by atoms with Gasteiger partial charge in [-0.05, 0) is 44.6 Å². The Labute approximate surface area is 103 Å². The van der Waals surface area contributed by atoms with Gasteiger partial charge in [0, 0.05) is 19.8 Å². The van der Waals surface area contributed by atoms with E-state index in [-0.39, 0.29) is 11.9 Å². The molecule has 0 aromatic heterocycles. The van der Waals surface area contributed by atoms with Crippen molar-refractivity contribution in [2.24, 2.45) is 5.92 Å². The summed E-state index contributed by atoms with van der Waals surface area (Å²) in [5.74, 6) is 0.989. The molecule has 1 unspecified atom stereocenters. The van der Waals surface area contributed by atoms with Crippen LogP contribution in [0.15, 0.2) is 0 Å². The van der Waals surface area contributed by atoms with Gasteiger partial charge in [-0.1, -0.05) is 6.42 Å². The zero-order valence-electron chi connectivity index (χ0n) is 10.5. The van der Waals surface area contributed by atoms with Crippen molar-refractivity contribution in [3.8, 4) is 0 Å². The van der Waals surface area contributed by atoms with Gasteiger partial charge in [-0.3, -0.25) is 4.79 Å². The Balaban J connectivity index is 1.44. The number of carbonyl (C=O) groups excluding carboxylic acids is 1. The molecule has 1 aliphatic heterocycles. The first-order valence-corrected chi connectivity index (χ1v) is 6.95. The van der Waals surface area contributed by atoms with Gasteiger partial charge >= 0.3 is 0 Å². The average Bonchev–Trinajstić information content (AvgIpc) is 3.18. The van der Waals surface area contributed by atoms with Crippen LogP contribution < -0.4 is 10.6 Å². The summed E-state index contributed by atoms with van der Waals surface area (Å²) in [6, 6.07) is 0.0381. The summed E-state index contributed by atoms with van der Waals surface area (Å²) < 4.78 is 5.52. The molecule has 0 bridgehead atoms. The number of carbonyl (C=O) groups is 1. The van der Waals surface area contributed by atoms with Crippen LogP contribution in [0.1, 0.15) is 38.5 Å². The van der Waals surface area contributed by atoms with Crippen molar-refractivity contribution in [3.63, 3.8) is 0 Å². The minimum Gasteiger partial charge on any atom is -0.381 e. The first-order chi connectivity index (χ1) is 8.36. The molecule has 1 saturated carbocycles. The third-order valence-electron chi connectivity index (χ3n) is 3.44. The quantitative estimate of drug-likeness (QED) is 0.654. The molecule has 2 aliphatic rings. The lowest BCUT2D eigenvalue weighted by Crippen LogP contribution is -2.46. The van der Waals surface area contributed by atoms with Crippen molar-refractivity contribution in [2.75, 3.05) is 26.3 Å². The Bertz CT molecular complexity index is 236. The Morgan fingerprint density at radius 1 is 1.29 bits per heavy atom. The predicted octanol–water partition coefficient (Wildman–Crippen LogP) is 1.06. The summed E-state index contributed by atoms with van der Waals surface area (Å²) in [5, 5.41) is 6.23. The highest BCUT2D eigenvalue weighted by Gasteiger charge is 2.21. The largest absolute Gasteiger partial charge is 0.381 e. The Hall–Kier alpha value is -0.610. The highest BCUT2D eigenvalue weighted by molar-refractivity contribution is 5.81. The number of nitrogens with one attached hydrogen (secondary N) is 2. The number of piperidine rings is 1. The van der Waals surface area contributed by atoms with Crippen LogP contribution in [-0.4, -0.2) is 38.3 Å². The fourth-order valence-corrected chi connectivity index (χ4v) is 2.12. The maximum absolute atomic E-state index is 11.7. The molecule has 0 radical (unpaired) electrons. The van der Waals surface area contributed by atoms with Crippen LogP contribution in [-0.2, 0) is 9.53 Å². The highest BCUT2D eigenvalue weighted by Crippen LogP contribution is 2.28. The van der Waals surface area contributed by atoms with Gasteiger partial charge in [0.1, 0.15) is 0 Å². The monoisotopic (exact) mass is 240 g/mol. The first-order valence-electron chi connectivity index (χ1n) is 6.95. The average molecular weight is 240 g/mol. The van der Waals surface area contributed by atoms with Crippen LogP contribution in [0.4, 0.5) is 0 Å². The van der Waals surface area contributed by atoms with Crippen molar-refractivity contribution < 1.29 is 9.53 Å². The second-order valence-corrected chi connectivity index (χ2v) is 5.17. The van der Waals surface area contributed by atoms with E-state index < -0.39 is 0 Å². The molecule has 2 rings (SSSR count). The predicted molar refractivity (Wildman–Crippen MR) is 66.8 cm³/mol. The Morgan fingerprint density at radius 3 is 2.88 bits per heavy atom. The normalized spacial score (nSPS) is 24.6. The summed E-state index contributed by atoms with van der Waals surface area (Å²) in [7, 11) is 0. The van der Waals surface area contributed by atoms with E-state index in [1.165, 1.54) is 19.3 Å². The SMILES string of the molecule is O=C(NCCCOCC1CC1)C1CCCCN1. The lowest BCUT2D eigenvalue weighted by atomic mass is 10.0. The van der Waals surface area contributed by atoms with E-state index in [0.29, 0.717) is 0 Å². The number of hydrogen-bond donors (Lipinski definition) is 2. The van der Waals surface area contributed by atoms with Crippen LogP contribution >= 0.6 is 0 Å². The fourth-order valence-electron chi connectivity index (χ4n) is 2.12. The number of hydrogen-bond acceptors (Lipinski definition) is 3. The van der Waals surface area contributed by atoms with Crippen molar-refractivity contribution in [3.05, 3.63) is 0 Å². The maximum Gasteiger partial charge on any atom is 0.237 e. The zero-order chi connectivity index (χ0) is 11.9.